The second-order valence-electron chi connectivity index (χ2n) is 12.7. The number of aliphatic imine (C=N–C) groups is 1. The Morgan fingerprint density at radius 1 is 0.957 bits per heavy atom. The van der Waals surface area contributed by atoms with Crippen molar-refractivity contribution in [1.82, 2.24) is 9.97 Å². The lowest BCUT2D eigenvalue weighted by atomic mass is 9.77. The van der Waals surface area contributed by atoms with Gasteiger partial charge in [-0.1, -0.05) is 24.3 Å². The first-order chi connectivity index (χ1) is 22.5. The van der Waals surface area contributed by atoms with E-state index >= 15 is 0 Å². The normalized spacial score (nSPS) is 20.3. The van der Waals surface area contributed by atoms with Crippen LogP contribution in [0.25, 0.3) is 11.1 Å². The Morgan fingerprint density at radius 3 is 2.33 bits per heavy atom. The maximum Gasteiger partial charge on any atom is 0.260 e. The van der Waals surface area contributed by atoms with E-state index in [0.717, 1.165) is 68.3 Å². The molecule has 3 aliphatic rings. The number of aromatic nitrogens is 2. The van der Waals surface area contributed by atoms with Crippen molar-refractivity contribution in [2.24, 2.45) is 38.7 Å². The lowest BCUT2D eigenvalue weighted by Gasteiger charge is -2.27. The summed E-state index contributed by atoms with van der Waals surface area (Å²) >= 11 is 0. The van der Waals surface area contributed by atoms with E-state index in [1.54, 1.807) is 6.20 Å². The predicted molar refractivity (Wildman–Crippen MR) is 179 cm³/mol. The number of Topliss-reactive ketones (excluding diaryl/α,β-unsaturated/α-hetero) is 1. The number of nitrogens with two attached hydrogens (primary N) is 1. The number of amidine groups is 1. The highest BCUT2D eigenvalue weighted by Crippen LogP contribution is 2.31. The summed E-state index contributed by atoms with van der Waals surface area (Å²) in [7, 11) is 0. The first kappa shape index (κ1) is 31.5. The minimum Gasteiger partial charge on any atom is -0.342 e. The van der Waals surface area contributed by atoms with Gasteiger partial charge in [-0.05, 0) is 99.2 Å². The van der Waals surface area contributed by atoms with E-state index in [2.05, 4.69) is 35.4 Å². The number of amides is 1. The van der Waals surface area contributed by atoms with Crippen LogP contribution in [0, 0.1) is 17.8 Å². The number of anilines is 2. The van der Waals surface area contributed by atoms with Crippen molar-refractivity contribution >= 4 is 29.2 Å². The largest absolute Gasteiger partial charge is 0.342 e. The number of azo groups is 1. The van der Waals surface area contributed by atoms with Crippen LogP contribution in [-0.4, -0.2) is 53.8 Å². The van der Waals surface area contributed by atoms with Crippen molar-refractivity contribution < 1.29 is 9.59 Å². The standard InChI is InChI=1S/C35H42N8O3/c36-20-24-6-10-26(11-7-24)31(44)19-28(33(45)40-29-14-12-27(13-15-29)32-38-22-39-42-32)18-23-4-8-25(9-5-23)30-21-37-35(41-34(30)46)43-16-2-1-3-17-43/h4-5,8-9,12-15,21,24,26,28H,1-3,6-7,10-11,16-20,22,36H2,(H,40,45)(H,37,41,46)/t24?,26?,28-/m1/s1. The molecule has 2 aromatic carbocycles. The lowest BCUT2D eigenvalue weighted by molar-refractivity contribution is -0.129. The first-order valence-corrected chi connectivity index (χ1v) is 16.5. The highest BCUT2D eigenvalue weighted by Gasteiger charge is 2.30. The quantitative estimate of drug-likeness (QED) is 0.269. The van der Waals surface area contributed by atoms with E-state index in [1.807, 2.05) is 48.5 Å². The number of H-pyrrole nitrogens is 1. The molecule has 240 valence electrons. The van der Waals surface area contributed by atoms with Crippen molar-refractivity contribution in [3.05, 3.63) is 76.2 Å². The molecular formula is C35H42N8O3. The third-order valence-corrected chi connectivity index (χ3v) is 9.50. The van der Waals surface area contributed by atoms with Crippen LogP contribution in [0.3, 0.4) is 0 Å². The first-order valence-electron chi connectivity index (χ1n) is 16.5. The summed E-state index contributed by atoms with van der Waals surface area (Å²) in [5, 5.41) is 10.9. The van der Waals surface area contributed by atoms with Crippen LogP contribution in [0.5, 0.6) is 0 Å². The fraction of sp³-hybridized carbons (Fsp3) is 0.457. The zero-order valence-corrected chi connectivity index (χ0v) is 26.2. The van der Waals surface area contributed by atoms with Crippen LogP contribution in [0.2, 0.25) is 0 Å². The Hall–Kier alpha value is -4.51. The highest BCUT2D eigenvalue weighted by molar-refractivity contribution is 6.01. The molecule has 3 aromatic rings. The van der Waals surface area contributed by atoms with Gasteiger partial charge in [0, 0.05) is 48.8 Å². The molecule has 0 spiro atoms. The third kappa shape index (κ3) is 7.64. The van der Waals surface area contributed by atoms with Crippen LogP contribution in [-0.2, 0) is 16.0 Å². The minimum atomic E-state index is -0.549. The summed E-state index contributed by atoms with van der Waals surface area (Å²) in [6.07, 6.45) is 9.17. The smallest absolute Gasteiger partial charge is 0.260 e. The summed E-state index contributed by atoms with van der Waals surface area (Å²) < 4.78 is 0. The van der Waals surface area contributed by atoms with Crippen LogP contribution in [0.4, 0.5) is 11.6 Å². The van der Waals surface area contributed by atoms with E-state index < -0.39 is 5.92 Å². The van der Waals surface area contributed by atoms with Gasteiger partial charge in [0.2, 0.25) is 11.9 Å². The van der Waals surface area contributed by atoms with Gasteiger partial charge in [-0.15, -0.1) is 5.11 Å². The summed E-state index contributed by atoms with van der Waals surface area (Å²) in [4.78, 5) is 54.0. The number of carbonyl (C=O) groups is 2. The summed E-state index contributed by atoms with van der Waals surface area (Å²) in [6, 6.07) is 14.9. The van der Waals surface area contributed by atoms with Gasteiger partial charge >= 0.3 is 0 Å². The Kier molecular flexibility index (Phi) is 10.1. The van der Waals surface area contributed by atoms with Crippen LogP contribution >= 0.6 is 0 Å². The third-order valence-electron chi connectivity index (χ3n) is 9.50. The number of piperidine rings is 1. The van der Waals surface area contributed by atoms with Crippen molar-refractivity contribution in [3.8, 4) is 11.1 Å². The van der Waals surface area contributed by atoms with E-state index in [4.69, 9.17) is 5.73 Å². The molecule has 3 heterocycles. The molecule has 1 atom stereocenters. The maximum atomic E-state index is 13.7. The van der Waals surface area contributed by atoms with E-state index in [0.29, 0.717) is 48.6 Å². The SMILES string of the molecule is NCC1CCC(C(=O)C[C@@H](Cc2ccc(-c3cnc(N4CCCCC4)[nH]c3=O)cc2)C(=O)Nc2ccc(C3=NCN=N3)cc2)CC1. The number of benzene rings is 2. The zero-order chi connectivity index (χ0) is 31.9. The van der Waals surface area contributed by atoms with Crippen molar-refractivity contribution in [2.75, 3.05) is 36.5 Å². The molecule has 11 heteroatoms. The minimum absolute atomic E-state index is 0.0340. The van der Waals surface area contributed by atoms with Gasteiger partial charge in [0.1, 0.15) is 5.78 Å². The Morgan fingerprint density at radius 2 is 1.67 bits per heavy atom. The molecule has 11 nitrogen and oxygen atoms in total. The Labute approximate surface area is 268 Å². The molecular weight excluding hydrogens is 580 g/mol. The molecule has 46 heavy (non-hydrogen) atoms. The summed E-state index contributed by atoms with van der Waals surface area (Å²) in [5.41, 5.74) is 9.32. The molecule has 1 saturated heterocycles. The molecule has 4 N–H and O–H groups in total. The van der Waals surface area contributed by atoms with Gasteiger partial charge in [0.25, 0.3) is 5.56 Å². The molecule has 0 radical (unpaired) electrons. The Bertz CT molecular complexity index is 1630. The summed E-state index contributed by atoms with van der Waals surface area (Å²) in [5.74, 6) is 1.02. The maximum absolute atomic E-state index is 13.7. The highest BCUT2D eigenvalue weighted by atomic mass is 16.2. The van der Waals surface area contributed by atoms with Gasteiger partial charge in [-0.2, -0.15) is 5.11 Å². The van der Waals surface area contributed by atoms with Crippen molar-refractivity contribution in [2.45, 2.75) is 57.8 Å². The predicted octanol–water partition coefficient (Wildman–Crippen LogP) is 5.12. The van der Waals surface area contributed by atoms with Gasteiger partial charge in [0.15, 0.2) is 12.5 Å². The van der Waals surface area contributed by atoms with Gasteiger partial charge in [-0.25, -0.2) is 9.98 Å². The number of rotatable bonds is 11. The zero-order valence-electron chi connectivity index (χ0n) is 26.2. The molecule has 1 aromatic heterocycles. The second kappa shape index (κ2) is 14.7. The van der Waals surface area contributed by atoms with Crippen LogP contribution in [0.1, 0.15) is 62.5 Å². The lowest BCUT2D eigenvalue weighted by Crippen LogP contribution is -2.32. The van der Waals surface area contributed by atoms with Crippen molar-refractivity contribution in [3.63, 3.8) is 0 Å². The Balaban J connectivity index is 1.16. The number of carbonyl (C=O) groups excluding carboxylic acids is 2. The summed E-state index contributed by atoms with van der Waals surface area (Å²) in [6.45, 7) is 2.78. The number of nitrogens with one attached hydrogen (secondary N) is 2. The molecule has 0 bridgehead atoms. The van der Waals surface area contributed by atoms with E-state index in [9.17, 15) is 14.4 Å². The number of ketones is 1. The van der Waals surface area contributed by atoms with Gasteiger partial charge < -0.3 is 16.0 Å². The van der Waals surface area contributed by atoms with E-state index in [1.165, 1.54) is 6.42 Å². The second-order valence-corrected chi connectivity index (χ2v) is 12.7. The van der Waals surface area contributed by atoms with E-state index in [-0.39, 0.29) is 29.6 Å². The van der Waals surface area contributed by atoms with Crippen LogP contribution in [0.15, 0.2) is 74.7 Å². The van der Waals surface area contributed by atoms with Crippen molar-refractivity contribution in [1.29, 1.82) is 0 Å². The monoisotopic (exact) mass is 622 g/mol. The molecule has 0 unspecified atom stereocenters. The average Bonchev–Trinajstić information content (AvgIpc) is 3.64. The molecule has 2 fully saturated rings. The topological polar surface area (TPSA) is 158 Å². The number of hydrogen-bond donors (Lipinski definition) is 3. The number of aromatic amines is 1. The number of hydrogen-bond acceptors (Lipinski definition) is 9. The average molecular weight is 623 g/mol. The molecule has 1 saturated carbocycles. The van der Waals surface area contributed by atoms with Gasteiger partial charge in [-0.3, -0.25) is 19.4 Å². The molecule has 1 amide bonds. The number of nitrogens with zero attached hydrogens (tertiary/aromatic N) is 5. The van der Waals surface area contributed by atoms with Crippen LogP contribution < -0.4 is 21.5 Å². The molecule has 2 aliphatic heterocycles. The molecule has 1 aliphatic carbocycles. The van der Waals surface area contributed by atoms with Gasteiger partial charge in [0.05, 0.1) is 5.56 Å². The fourth-order valence-corrected chi connectivity index (χ4v) is 6.67. The fourth-order valence-electron chi connectivity index (χ4n) is 6.67. The molecule has 6 rings (SSSR count).